The normalized spacial score (nSPS) is 25.8. The summed E-state index contributed by atoms with van der Waals surface area (Å²) >= 11 is 5.47. The van der Waals surface area contributed by atoms with Crippen LogP contribution >= 0.6 is 27.3 Å². The van der Waals surface area contributed by atoms with Gasteiger partial charge in [0.25, 0.3) is 0 Å². The highest BCUT2D eigenvalue weighted by Crippen LogP contribution is 2.26. The van der Waals surface area contributed by atoms with E-state index in [1.807, 2.05) is 11.3 Å². The number of halogens is 1. The van der Waals surface area contributed by atoms with E-state index in [0.29, 0.717) is 6.04 Å². The molecule has 1 N–H and O–H groups in total. The summed E-state index contributed by atoms with van der Waals surface area (Å²) in [4.78, 5) is 4.03. The third-order valence-electron chi connectivity index (χ3n) is 3.43. The van der Waals surface area contributed by atoms with E-state index in [2.05, 4.69) is 58.4 Å². The molecule has 1 aromatic rings. The van der Waals surface area contributed by atoms with Crippen LogP contribution in [0.2, 0.25) is 0 Å². The summed E-state index contributed by atoms with van der Waals surface area (Å²) < 4.78 is 1.25. The lowest BCUT2D eigenvalue weighted by Crippen LogP contribution is -2.47. The smallest absolute Gasteiger partial charge is 0.0342 e. The molecule has 1 unspecified atom stereocenters. The second kappa shape index (κ2) is 5.39. The largest absolute Gasteiger partial charge is 0.310 e. The average molecular weight is 317 g/mol. The van der Waals surface area contributed by atoms with Crippen LogP contribution in [-0.2, 0) is 6.54 Å². The third-order valence-corrected chi connectivity index (χ3v) is 5.34. The first-order valence-corrected chi connectivity index (χ1v) is 7.86. The maximum atomic E-state index is 3.63. The molecule has 96 valence electrons. The zero-order valence-electron chi connectivity index (χ0n) is 10.8. The van der Waals surface area contributed by atoms with E-state index in [-0.39, 0.29) is 5.54 Å². The molecule has 1 atom stereocenters. The van der Waals surface area contributed by atoms with Crippen molar-refractivity contribution in [1.29, 1.82) is 0 Å². The minimum Gasteiger partial charge on any atom is -0.310 e. The molecule has 0 bridgehead atoms. The fourth-order valence-electron chi connectivity index (χ4n) is 2.36. The van der Waals surface area contributed by atoms with E-state index in [1.54, 1.807) is 0 Å². The van der Waals surface area contributed by atoms with Gasteiger partial charge in [0.2, 0.25) is 0 Å². The van der Waals surface area contributed by atoms with E-state index in [4.69, 9.17) is 0 Å². The molecule has 2 rings (SSSR count). The van der Waals surface area contributed by atoms with Crippen molar-refractivity contribution in [3.63, 3.8) is 0 Å². The van der Waals surface area contributed by atoms with Gasteiger partial charge in [-0.2, -0.15) is 0 Å². The summed E-state index contributed by atoms with van der Waals surface area (Å²) in [5.74, 6) is 0. The van der Waals surface area contributed by atoms with Gasteiger partial charge < -0.3 is 5.32 Å². The fraction of sp³-hybridized carbons (Fsp3) is 0.692. The van der Waals surface area contributed by atoms with Gasteiger partial charge in [0.15, 0.2) is 0 Å². The standard InChI is InChI=1S/C13H21BrN2S/c1-10-4-6-15-13(2,3)9-16(10)8-12-11(14)5-7-17-12/h5,7,10,15H,4,6,8-9H2,1-3H3. The first-order chi connectivity index (χ1) is 7.98. The van der Waals surface area contributed by atoms with Crippen molar-refractivity contribution < 1.29 is 0 Å². The van der Waals surface area contributed by atoms with Crippen molar-refractivity contribution in [2.24, 2.45) is 0 Å². The van der Waals surface area contributed by atoms with Crippen molar-refractivity contribution >= 4 is 27.3 Å². The van der Waals surface area contributed by atoms with Crippen LogP contribution in [0.15, 0.2) is 15.9 Å². The van der Waals surface area contributed by atoms with Gasteiger partial charge in [0.05, 0.1) is 0 Å². The van der Waals surface area contributed by atoms with E-state index in [1.165, 1.54) is 15.8 Å². The molecule has 0 radical (unpaired) electrons. The van der Waals surface area contributed by atoms with Gasteiger partial charge in [-0.3, -0.25) is 4.90 Å². The second-order valence-electron chi connectivity index (χ2n) is 5.55. The Labute approximate surface area is 117 Å². The maximum absolute atomic E-state index is 3.63. The van der Waals surface area contributed by atoms with Crippen LogP contribution in [0.4, 0.5) is 0 Å². The highest BCUT2D eigenvalue weighted by molar-refractivity contribution is 9.10. The molecule has 0 spiro atoms. The Morgan fingerprint density at radius 3 is 3.00 bits per heavy atom. The number of rotatable bonds is 2. The molecule has 1 fully saturated rings. The van der Waals surface area contributed by atoms with Crippen molar-refractivity contribution in [3.05, 3.63) is 20.8 Å². The second-order valence-corrected chi connectivity index (χ2v) is 7.40. The van der Waals surface area contributed by atoms with Gasteiger partial charge in [-0.15, -0.1) is 11.3 Å². The molecular formula is C13H21BrN2S. The van der Waals surface area contributed by atoms with Crippen LogP contribution in [0.1, 0.15) is 32.1 Å². The van der Waals surface area contributed by atoms with Crippen molar-refractivity contribution in [3.8, 4) is 0 Å². The van der Waals surface area contributed by atoms with E-state index >= 15 is 0 Å². The highest BCUT2D eigenvalue weighted by atomic mass is 79.9. The monoisotopic (exact) mass is 316 g/mol. The number of nitrogens with one attached hydrogen (secondary N) is 1. The van der Waals surface area contributed by atoms with Gasteiger partial charge in [-0.1, -0.05) is 0 Å². The van der Waals surface area contributed by atoms with Gasteiger partial charge in [-0.25, -0.2) is 0 Å². The Bertz CT molecular complexity index is 375. The van der Waals surface area contributed by atoms with Crippen LogP contribution in [0.5, 0.6) is 0 Å². The zero-order valence-corrected chi connectivity index (χ0v) is 13.2. The lowest BCUT2D eigenvalue weighted by molar-refractivity contribution is 0.174. The predicted octanol–water partition coefficient (Wildman–Crippen LogP) is 3.47. The molecule has 0 aromatic carbocycles. The number of hydrogen-bond donors (Lipinski definition) is 1. The first kappa shape index (κ1) is 13.5. The molecule has 1 aromatic heterocycles. The molecule has 1 saturated heterocycles. The molecule has 0 aliphatic carbocycles. The van der Waals surface area contributed by atoms with Crippen molar-refractivity contribution in [2.75, 3.05) is 13.1 Å². The zero-order chi connectivity index (χ0) is 12.5. The molecular weight excluding hydrogens is 296 g/mol. The molecule has 0 saturated carbocycles. The quantitative estimate of drug-likeness (QED) is 0.898. The molecule has 0 amide bonds. The summed E-state index contributed by atoms with van der Waals surface area (Å²) in [5, 5.41) is 5.78. The molecule has 17 heavy (non-hydrogen) atoms. The summed E-state index contributed by atoms with van der Waals surface area (Å²) in [6.45, 7) is 10.2. The van der Waals surface area contributed by atoms with E-state index < -0.39 is 0 Å². The van der Waals surface area contributed by atoms with Gasteiger partial charge in [0, 0.05) is 34.0 Å². The number of thiophene rings is 1. The highest BCUT2D eigenvalue weighted by Gasteiger charge is 2.28. The lowest BCUT2D eigenvalue weighted by Gasteiger charge is -2.32. The van der Waals surface area contributed by atoms with Crippen molar-refractivity contribution in [2.45, 2.75) is 45.3 Å². The summed E-state index contributed by atoms with van der Waals surface area (Å²) in [6.07, 6.45) is 1.23. The topological polar surface area (TPSA) is 15.3 Å². The van der Waals surface area contributed by atoms with Gasteiger partial charge in [0.1, 0.15) is 0 Å². The van der Waals surface area contributed by atoms with Gasteiger partial charge >= 0.3 is 0 Å². The Morgan fingerprint density at radius 1 is 1.59 bits per heavy atom. The van der Waals surface area contributed by atoms with E-state index in [9.17, 15) is 0 Å². The van der Waals surface area contributed by atoms with Crippen LogP contribution in [0.25, 0.3) is 0 Å². The third kappa shape index (κ3) is 3.53. The van der Waals surface area contributed by atoms with Crippen LogP contribution in [0, 0.1) is 0 Å². The molecule has 1 aliphatic heterocycles. The molecule has 2 heterocycles. The Kier molecular flexibility index (Phi) is 4.29. The summed E-state index contributed by atoms with van der Waals surface area (Å²) in [5.41, 5.74) is 0.217. The Balaban J connectivity index is 2.09. The first-order valence-electron chi connectivity index (χ1n) is 6.19. The molecule has 1 aliphatic rings. The maximum Gasteiger partial charge on any atom is 0.0342 e. The predicted molar refractivity (Wildman–Crippen MR) is 78.6 cm³/mol. The average Bonchev–Trinajstić information content (AvgIpc) is 2.56. The molecule has 2 nitrogen and oxygen atoms in total. The Hall–Kier alpha value is 0.100. The minimum absolute atomic E-state index is 0.217. The Morgan fingerprint density at radius 2 is 2.35 bits per heavy atom. The van der Waals surface area contributed by atoms with Crippen LogP contribution in [0.3, 0.4) is 0 Å². The van der Waals surface area contributed by atoms with Crippen molar-refractivity contribution in [1.82, 2.24) is 10.2 Å². The number of hydrogen-bond acceptors (Lipinski definition) is 3. The van der Waals surface area contributed by atoms with Crippen LogP contribution < -0.4 is 5.32 Å². The summed E-state index contributed by atoms with van der Waals surface area (Å²) in [7, 11) is 0. The minimum atomic E-state index is 0.217. The fourth-order valence-corrected chi connectivity index (χ4v) is 3.86. The number of nitrogens with zero attached hydrogens (tertiary/aromatic N) is 1. The SMILES string of the molecule is CC1CCNC(C)(C)CN1Cc1sccc1Br. The van der Waals surface area contributed by atoms with Crippen LogP contribution in [-0.4, -0.2) is 29.6 Å². The van der Waals surface area contributed by atoms with Gasteiger partial charge in [-0.05, 0) is 61.1 Å². The lowest BCUT2D eigenvalue weighted by atomic mass is 10.1. The van der Waals surface area contributed by atoms with E-state index in [0.717, 1.165) is 19.6 Å². The summed E-state index contributed by atoms with van der Waals surface area (Å²) in [6, 6.07) is 2.80. The molecule has 4 heteroatoms.